The molecule has 84 valence electrons. The zero-order valence-electron chi connectivity index (χ0n) is 9.06. The van der Waals surface area contributed by atoms with Gasteiger partial charge >= 0.3 is 0 Å². The lowest BCUT2D eigenvalue weighted by atomic mass is 9.85. The third kappa shape index (κ3) is 2.96. The number of rotatable bonds is 3. The van der Waals surface area contributed by atoms with Crippen molar-refractivity contribution in [2.45, 2.75) is 31.6 Å². The summed E-state index contributed by atoms with van der Waals surface area (Å²) >= 11 is 0. The highest BCUT2D eigenvalue weighted by Crippen LogP contribution is 2.36. The van der Waals surface area contributed by atoms with Crippen LogP contribution in [0.3, 0.4) is 0 Å². The van der Waals surface area contributed by atoms with Gasteiger partial charge in [-0.15, -0.1) is 12.4 Å². The van der Waals surface area contributed by atoms with E-state index in [4.69, 9.17) is 5.73 Å². The molecule has 2 rings (SSSR count). The maximum Gasteiger partial charge on any atom is -0.000556 e. The Balaban J connectivity index is 0.00000112. The standard InChI is InChI=1S/C13H19N.ClH/c14-10-13(12-8-4-5-9-12)11-6-2-1-3-7-11;/h1-3,6-7,12-13H,4-5,8-10,14H2;1H. The van der Waals surface area contributed by atoms with Crippen LogP contribution in [0.15, 0.2) is 30.3 Å². The van der Waals surface area contributed by atoms with Crippen molar-refractivity contribution in [2.75, 3.05) is 6.54 Å². The molecule has 0 aliphatic heterocycles. The predicted molar refractivity (Wildman–Crippen MR) is 67.4 cm³/mol. The predicted octanol–water partition coefficient (Wildman–Crippen LogP) is 3.34. The Hall–Kier alpha value is -0.530. The van der Waals surface area contributed by atoms with Crippen LogP contribution in [0.4, 0.5) is 0 Å². The lowest BCUT2D eigenvalue weighted by molar-refractivity contribution is 0.440. The van der Waals surface area contributed by atoms with E-state index in [1.807, 2.05) is 0 Å². The van der Waals surface area contributed by atoms with E-state index in [0.717, 1.165) is 12.5 Å². The third-order valence-electron chi connectivity index (χ3n) is 3.45. The summed E-state index contributed by atoms with van der Waals surface area (Å²) in [4.78, 5) is 0. The molecule has 1 aliphatic rings. The second-order valence-electron chi connectivity index (χ2n) is 4.30. The molecule has 1 nitrogen and oxygen atoms in total. The Kier molecular flexibility index (Phi) is 5.13. The van der Waals surface area contributed by atoms with E-state index in [1.165, 1.54) is 31.2 Å². The molecule has 0 amide bonds. The molecule has 0 heterocycles. The Morgan fingerprint density at radius 2 is 1.73 bits per heavy atom. The number of hydrogen-bond donors (Lipinski definition) is 1. The Bertz CT molecular complexity index is 267. The van der Waals surface area contributed by atoms with Crippen LogP contribution in [-0.4, -0.2) is 6.54 Å². The molecule has 1 atom stereocenters. The van der Waals surface area contributed by atoms with E-state index >= 15 is 0 Å². The van der Waals surface area contributed by atoms with Crippen LogP contribution in [0.5, 0.6) is 0 Å². The fraction of sp³-hybridized carbons (Fsp3) is 0.538. The largest absolute Gasteiger partial charge is 0.330 e. The van der Waals surface area contributed by atoms with Crippen molar-refractivity contribution in [2.24, 2.45) is 11.7 Å². The van der Waals surface area contributed by atoms with Crippen molar-refractivity contribution in [1.29, 1.82) is 0 Å². The van der Waals surface area contributed by atoms with Gasteiger partial charge in [0.15, 0.2) is 0 Å². The summed E-state index contributed by atoms with van der Waals surface area (Å²) in [5.41, 5.74) is 7.32. The fourth-order valence-electron chi connectivity index (χ4n) is 2.66. The molecule has 0 spiro atoms. The van der Waals surface area contributed by atoms with Crippen molar-refractivity contribution in [1.82, 2.24) is 0 Å². The van der Waals surface area contributed by atoms with E-state index in [0.29, 0.717) is 5.92 Å². The van der Waals surface area contributed by atoms with E-state index in [9.17, 15) is 0 Å². The quantitative estimate of drug-likeness (QED) is 0.839. The number of hydrogen-bond acceptors (Lipinski definition) is 1. The molecule has 0 saturated heterocycles. The zero-order valence-corrected chi connectivity index (χ0v) is 9.88. The number of nitrogens with two attached hydrogens (primary N) is 1. The molecule has 1 aromatic rings. The van der Waals surface area contributed by atoms with E-state index in [2.05, 4.69) is 30.3 Å². The molecule has 0 bridgehead atoms. The first-order chi connectivity index (χ1) is 6.92. The van der Waals surface area contributed by atoms with Crippen LogP contribution in [0.25, 0.3) is 0 Å². The summed E-state index contributed by atoms with van der Waals surface area (Å²) in [6.07, 6.45) is 5.54. The van der Waals surface area contributed by atoms with Gasteiger partial charge in [0.1, 0.15) is 0 Å². The number of halogens is 1. The van der Waals surface area contributed by atoms with Gasteiger partial charge in [-0.25, -0.2) is 0 Å². The van der Waals surface area contributed by atoms with Crippen molar-refractivity contribution < 1.29 is 0 Å². The normalized spacial score (nSPS) is 18.5. The highest BCUT2D eigenvalue weighted by molar-refractivity contribution is 5.85. The molecule has 2 heteroatoms. The van der Waals surface area contributed by atoms with Gasteiger partial charge in [-0.2, -0.15) is 0 Å². The summed E-state index contributed by atoms with van der Waals surface area (Å²) in [5, 5.41) is 0. The van der Waals surface area contributed by atoms with E-state index in [1.54, 1.807) is 0 Å². The number of benzene rings is 1. The molecule has 0 aromatic heterocycles. The Labute approximate surface area is 98.5 Å². The average Bonchev–Trinajstić information content (AvgIpc) is 2.74. The SMILES string of the molecule is Cl.NCC(c1ccccc1)C1CCCC1. The van der Waals surface area contributed by atoms with E-state index < -0.39 is 0 Å². The summed E-state index contributed by atoms with van der Waals surface area (Å²) in [6, 6.07) is 10.7. The van der Waals surface area contributed by atoms with Crippen molar-refractivity contribution in [3.8, 4) is 0 Å². The van der Waals surface area contributed by atoms with Crippen LogP contribution in [0.1, 0.15) is 37.2 Å². The average molecular weight is 226 g/mol. The smallest absolute Gasteiger partial charge is 0.000556 e. The first-order valence-electron chi connectivity index (χ1n) is 5.67. The monoisotopic (exact) mass is 225 g/mol. The van der Waals surface area contributed by atoms with Crippen molar-refractivity contribution >= 4 is 12.4 Å². The molecule has 15 heavy (non-hydrogen) atoms. The molecule has 1 unspecified atom stereocenters. The molecule has 1 aromatic carbocycles. The van der Waals surface area contributed by atoms with Crippen molar-refractivity contribution in [3.05, 3.63) is 35.9 Å². The van der Waals surface area contributed by atoms with Gasteiger partial charge in [-0.1, -0.05) is 43.2 Å². The van der Waals surface area contributed by atoms with Crippen LogP contribution in [0, 0.1) is 5.92 Å². The third-order valence-corrected chi connectivity index (χ3v) is 3.45. The first kappa shape index (κ1) is 12.5. The van der Waals surface area contributed by atoms with Gasteiger partial charge in [-0.3, -0.25) is 0 Å². The zero-order chi connectivity index (χ0) is 9.80. The summed E-state index contributed by atoms with van der Waals surface area (Å²) < 4.78 is 0. The lowest BCUT2D eigenvalue weighted by Gasteiger charge is -2.22. The Morgan fingerprint density at radius 3 is 2.27 bits per heavy atom. The summed E-state index contributed by atoms with van der Waals surface area (Å²) in [6.45, 7) is 0.800. The van der Waals surface area contributed by atoms with Gasteiger partial charge in [-0.05, 0) is 36.8 Å². The van der Waals surface area contributed by atoms with Gasteiger partial charge in [0.2, 0.25) is 0 Å². The van der Waals surface area contributed by atoms with Gasteiger partial charge < -0.3 is 5.73 Å². The first-order valence-corrected chi connectivity index (χ1v) is 5.67. The highest BCUT2D eigenvalue weighted by Gasteiger charge is 2.24. The maximum atomic E-state index is 5.88. The highest BCUT2D eigenvalue weighted by atomic mass is 35.5. The van der Waals surface area contributed by atoms with Crippen molar-refractivity contribution in [3.63, 3.8) is 0 Å². The molecule has 1 fully saturated rings. The van der Waals surface area contributed by atoms with Crippen LogP contribution >= 0.6 is 12.4 Å². The Morgan fingerprint density at radius 1 is 1.13 bits per heavy atom. The molecular formula is C13H20ClN. The maximum absolute atomic E-state index is 5.88. The summed E-state index contributed by atoms with van der Waals surface area (Å²) in [5.74, 6) is 1.43. The van der Waals surface area contributed by atoms with Gasteiger partial charge in [0, 0.05) is 0 Å². The molecule has 1 saturated carbocycles. The minimum absolute atomic E-state index is 0. The van der Waals surface area contributed by atoms with Crippen LogP contribution in [0.2, 0.25) is 0 Å². The second-order valence-corrected chi connectivity index (χ2v) is 4.30. The molecule has 0 radical (unpaired) electrons. The minimum atomic E-state index is 0. The lowest BCUT2D eigenvalue weighted by Crippen LogP contribution is -2.19. The molecule has 2 N–H and O–H groups in total. The second kappa shape index (κ2) is 6.14. The summed E-state index contributed by atoms with van der Waals surface area (Å²) in [7, 11) is 0. The molecule has 1 aliphatic carbocycles. The van der Waals surface area contributed by atoms with Gasteiger partial charge in [0.25, 0.3) is 0 Å². The van der Waals surface area contributed by atoms with Crippen LogP contribution in [-0.2, 0) is 0 Å². The van der Waals surface area contributed by atoms with Gasteiger partial charge in [0.05, 0.1) is 0 Å². The van der Waals surface area contributed by atoms with E-state index in [-0.39, 0.29) is 12.4 Å². The topological polar surface area (TPSA) is 26.0 Å². The fourth-order valence-corrected chi connectivity index (χ4v) is 2.66. The van der Waals surface area contributed by atoms with Crippen LogP contribution < -0.4 is 5.73 Å². The molecular weight excluding hydrogens is 206 g/mol. The minimum Gasteiger partial charge on any atom is -0.330 e.